The Kier molecular flexibility index (Phi) is 4.81. The topological polar surface area (TPSA) is 27.7 Å². The molecule has 0 N–H and O–H groups in total. The maximum absolute atomic E-state index is 5.64. The van der Waals surface area contributed by atoms with Crippen molar-refractivity contribution in [2.75, 3.05) is 20.8 Å². The van der Waals surface area contributed by atoms with Crippen LogP contribution in [-0.4, -0.2) is 29.6 Å². The van der Waals surface area contributed by atoms with Crippen LogP contribution in [0.15, 0.2) is 29.2 Å². The molecule has 0 aromatic heterocycles. The highest BCUT2D eigenvalue weighted by molar-refractivity contribution is 7.80. The molecule has 0 heterocycles. The van der Waals surface area contributed by atoms with Crippen LogP contribution in [-0.2, 0) is 13.3 Å². The van der Waals surface area contributed by atoms with E-state index >= 15 is 0 Å². The highest BCUT2D eigenvalue weighted by Crippen LogP contribution is 2.13. The van der Waals surface area contributed by atoms with Crippen LogP contribution in [0.2, 0.25) is 0 Å². The highest BCUT2D eigenvalue weighted by atomic mass is 32.1. The van der Waals surface area contributed by atoms with E-state index in [1.165, 1.54) is 0 Å². The van der Waals surface area contributed by atoms with Crippen LogP contribution in [0.1, 0.15) is 6.92 Å². The predicted octanol–water partition coefficient (Wildman–Crippen LogP) is 1.45. The average molecular weight is 244 g/mol. The van der Waals surface area contributed by atoms with Gasteiger partial charge in [0.25, 0.3) is 0 Å². The fraction of sp³-hybridized carbons (Fsp3) is 0.400. The second kappa shape index (κ2) is 5.67. The summed E-state index contributed by atoms with van der Waals surface area (Å²) in [4.78, 5) is 0.835. The maximum atomic E-state index is 5.64. The first-order valence-corrected chi connectivity index (χ1v) is 6.90. The fourth-order valence-corrected chi connectivity index (χ4v) is 4.07. The molecule has 15 heavy (non-hydrogen) atoms. The molecule has 3 nitrogen and oxygen atoms in total. The van der Waals surface area contributed by atoms with E-state index in [1.807, 2.05) is 31.2 Å². The van der Waals surface area contributed by atoms with E-state index in [0.29, 0.717) is 6.61 Å². The van der Waals surface area contributed by atoms with Crippen molar-refractivity contribution in [1.29, 1.82) is 0 Å². The lowest BCUT2D eigenvalue weighted by Gasteiger charge is -2.26. The lowest BCUT2D eigenvalue weighted by atomic mass is 10.4. The molecule has 5 heteroatoms. The largest absolute Gasteiger partial charge is 0.537 e. The van der Waals surface area contributed by atoms with Crippen molar-refractivity contribution in [2.24, 2.45) is 0 Å². The van der Waals surface area contributed by atoms with Gasteiger partial charge in [-0.1, -0.05) is 18.2 Å². The summed E-state index contributed by atoms with van der Waals surface area (Å²) in [5.41, 5.74) is 0. The maximum Gasteiger partial charge on any atom is 0.537 e. The molecule has 0 spiro atoms. The molecule has 1 aromatic rings. The molecule has 0 saturated heterocycles. The van der Waals surface area contributed by atoms with Gasteiger partial charge in [0.15, 0.2) is 0 Å². The van der Waals surface area contributed by atoms with Crippen molar-refractivity contribution in [3.63, 3.8) is 0 Å². The molecule has 1 aromatic carbocycles. The predicted molar refractivity (Wildman–Crippen MR) is 64.7 cm³/mol. The van der Waals surface area contributed by atoms with Gasteiger partial charge < -0.3 is 13.3 Å². The second-order valence-corrected chi connectivity index (χ2v) is 6.15. The summed E-state index contributed by atoms with van der Waals surface area (Å²) in [6.45, 7) is 2.47. The number of thiol groups is 1. The van der Waals surface area contributed by atoms with Gasteiger partial charge in [-0.3, -0.25) is 0 Å². The van der Waals surface area contributed by atoms with Gasteiger partial charge in [-0.15, -0.1) is 12.6 Å². The van der Waals surface area contributed by atoms with Crippen LogP contribution in [0, 0.1) is 0 Å². The molecule has 0 atom stereocenters. The highest BCUT2D eigenvalue weighted by Gasteiger charge is 2.42. The number of hydrogen-bond acceptors (Lipinski definition) is 4. The van der Waals surface area contributed by atoms with E-state index in [-0.39, 0.29) is 0 Å². The molecule has 0 unspecified atom stereocenters. The molecule has 0 amide bonds. The molecule has 0 aliphatic heterocycles. The minimum atomic E-state index is -2.74. The van der Waals surface area contributed by atoms with Gasteiger partial charge in [-0.05, 0) is 13.0 Å². The Morgan fingerprint density at radius 2 is 1.80 bits per heavy atom. The molecule has 1 rings (SSSR count). The first-order chi connectivity index (χ1) is 7.20. The van der Waals surface area contributed by atoms with Gasteiger partial charge in [0.2, 0.25) is 0 Å². The zero-order valence-corrected chi connectivity index (χ0v) is 11.1. The van der Waals surface area contributed by atoms with Gasteiger partial charge >= 0.3 is 8.80 Å². The minimum Gasteiger partial charge on any atom is -0.373 e. The van der Waals surface area contributed by atoms with E-state index < -0.39 is 8.80 Å². The van der Waals surface area contributed by atoms with E-state index in [9.17, 15) is 0 Å². The van der Waals surface area contributed by atoms with E-state index in [4.69, 9.17) is 13.3 Å². The zero-order valence-electron chi connectivity index (χ0n) is 9.19. The van der Waals surface area contributed by atoms with Gasteiger partial charge in [-0.2, -0.15) is 0 Å². The van der Waals surface area contributed by atoms with Crippen LogP contribution < -0.4 is 5.19 Å². The Balaban J connectivity index is 3.13. The summed E-state index contributed by atoms with van der Waals surface area (Å²) >= 11 is 4.39. The van der Waals surface area contributed by atoms with E-state index in [1.54, 1.807) is 14.2 Å². The van der Waals surface area contributed by atoms with Gasteiger partial charge in [-0.25, -0.2) is 0 Å². The van der Waals surface area contributed by atoms with Crippen LogP contribution in [0.5, 0.6) is 0 Å². The lowest BCUT2D eigenvalue weighted by Crippen LogP contribution is -2.56. The lowest BCUT2D eigenvalue weighted by molar-refractivity contribution is 0.119. The van der Waals surface area contributed by atoms with Crippen molar-refractivity contribution < 1.29 is 13.3 Å². The first-order valence-electron chi connectivity index (χ1n) is 4.73. The Bertz CT molecular complexity index is 315. The van der Waals surface area contributed by atoms with Crippen LogP contribution in [0.3, 0.4) is 0 Å². The monoisotopic (exact) mass is 244 g/mol. The molecule has 84 valence electrons. The average Bonchev–Trinajstić information content (AvgIpc) is 2.27. The Hall–Kier alpha value is -0.333. The van der Waals surface area contributed by atoms with Crippen LogP contribution in [0.4, 0.5) is 0 Å². The molecular formula is C10H16O3SSi. The molecule has 0 saturated carbocycles. The molecule has 0 aliphatic carbocycles. The Labute approximate surface area is 97.1 Å². The number of rotatable bonds is 5. The van der Waals surface area contributed by atoms with Crippen LogP contribution in [0.25, 0.3) is 0 Å². The van der Waals surface area contributed by atoms with Gasteiger partial charge in [0.05, 0.1) is 0 Å². The van der Waals surface area contributed by atoms with Gasteiger partial charge in [0.1, 0.15) is 0 Å². The van der Waals surface area contributed by atoms with Crippen molar-refractivity contribution >= 4 is 26.6 Å². The Morgan fingerprint density at radius 3 is 2.27 bits per heavy atom. The van der Waals surface area contributed by atoms with Crippen molar-refractivity contribution in [3.8, 4) is 0 Å². The normalized spacial score (nSPS) is 11.7. The SMILES string of the molecule is CCO[Si](OC)(OC)c1ccccc1S. The van der Waals surface area contributed by atoms with Crippen LogP contribution >= 0.6 is 12.6 Å². The quantitative estimate of drug-likeness (QED) is 0.627. The van der Waals surface area contributed by atoms with E-state index in [0.717, 1.165) is 10.1 Å². The summed E-state index contributed by atoms with van der Waals surface area (Å²) < 4.78 is 16.5. The summed E-state index contributed by atoms with van der Waals surface area (Å²) in [5, 5.41) is 0.903. The van der Waals surface area contributed by atoms with Crippen molar-refractivity contribution in [3.05, 3.63) is 24.3 Å². The third kappa shape index (κ3) is 2.62. The number of benzene rings is 1. The number of hydrogen-bond donors (Lipinski definition) is 1. The summed E-state index contributed by atoms with van der Waals surface area (Å²) in [5.74, 6) is 0. The smallest absolute Gasteiger partial charge is 0.373 e. The Morgan fingerprint density at radius 1 is 1.20 bits per heavy atom. The zero-order chi connectivity index (χ0) is 11.3. The summed E-state index contributed by atoms with van der Waals surface area (Å²) in [6.07, 6.45) is 0. The van der Waals surface area contributed by atoms with E-state index in [2.05, 4.69) is 12.6 Å². The molecular weight excluding hydrogens is 228 g/mol. The molecule has 0 bridgehead atoms. The molecule has 0 radical (unpaired) electrons. The summed E-state index contributed by atoms with van der Waals surface area (Å²) in [6, 6.07) is 7.67. The van der Waals surface area contributed by atoms with Crippen molar-refractivity contribution in [2.45, 2.75) is 11.8 Å². The first kappa shape index (κ1) is 12.7. The summed E-state index contributed by atoms with van der Waals surface area (Å²) in [7, 11) is 0.465. The third-order valence-electron chi connectivity index (χ3n) is 2.11. The van der Waals surface area contributed by atoms with Gasteiger partial charge in [0, 0.05) is 30.9 Å². The molecule has 0 aliphatic rings. The second-order valence-electron chi connectivity index (χ2n) is 2.91. The minimum absolute atomic E-state index is 0.552. The fourth-order valence-electron chi connectivity index (χ4n) is 1.42. The molecule has 0 fully saturated rings. The third-order valence-corrected chi connectivity index (χ3v) is 5.55. The standard InChI is InChI=1S/C10H16O3SSi/c1-4-13-15(11-2,12-3)10-8-6-5-7-9(10)14/h5-8,14H,4H2,1-3H3. The van der Waals surface area contributed by atoms with Crippen molar-refractivity contribution in [1.82, 2.24) is 0 Å².